The lowest BCUT2D eigenvalue weighted by Crippen LogP contribution is -2.34. The number of halogens is 5. The Morgan fingerprint density at radius 3 is 2.54 bits per heavy atom. The molecule has 2 aromatic rings. The van der Waals surface area contributed by atoms with Gasteiger partial charge in [0.25, 0.3) is 5.91 Å². The zero-order valence-corrected chi connectivity index (χ0v) is 13.5. The number of para-hydroxylation sites is 1. The van der Waals surface area contributed by atoms with Crippen LogP contribution in [0.5, 0.6) is 5.75 Å². The molecule has 0 aliphatic heterocycles. The van der Waals surface area contributed by atoms with Gasteiger partial charge in [0.15, 0.2) is 6.61 Å². The fourth-order valence-corrected chi connectivity index (χ4v) is 2.08. The number of hydrazine groups is 1. The summed E-state index contributed by atoms with van der Waals surface area (Å²) in [5.41, 5.74) is 3.17. The predicted octanol–water partition coefficient (Wildman–Crippen LogP) is 4.53. The Morgan fingerprint density at radius 2 is 1.83 bits per heavy atom. The normalized spacial score (nSPS) is 11.0. The van der Waals surface area contributed by atoms with Gasteiger partial charge >= 0.3 is 6.18 Å². The molecular formula is C15H11Cl2F3N2O2. The minimum absolute atomic E-state index is 0.190. The third-order valence-electron chi connectivity index (χ3n) is 2.82. The van der Waals surface area contributed by atoms with Crippen molar-refractivity contribution in [3.63, 3.8) is 0 Å². The number of nitrogens with one attached hydrogen (secondary N) is 2. The number of amides is 1. The molecule has 24 heavy (non-hydrogen) atoms. The summed E-state index contributed by atoms with van der Waals surface area (Å²) in [6, 6.07) is 9.21. The van der Waals surface area contributed by atoms with Crippen molar-refractivity contribution in [3.05, 3.63) is 58.1 Å². The molecule has 128 valence electrons. The predicted molar refractivity (Wildman–Crippen MR) is 85.2 cm³/mol. The molecule has 0 unspecified atom stereocenters. The summed E-state index contributed by atoms with van der Waals surface area (Å²) in [5, 5.41) is 0.620. The lowest BCUT2D eigenvalue weighted by atomic mass is 10.2. The molecule has 0 atom stereocenters. The van der Waals surface area contributed by atoms with E-state index in [-0.39, 0.29) is 16.5 Å². The van der Waals surface area contributed by atoms with E-state index in [9.17, 15) is 18.0 Å². The summed E-state index contributed by atoms with van der Waals surface area (Å²) in [6.07, 6.45) is -4.54. The van der Waals surface area contributed by atoms with Crippen LogP contribution in [0, 0.1) is 0 Å². The molecule has 1 amide bonds. The maximum atomic E-state index is 12.8. The summed E-state index contributed by atoms with van der Waals surface area (Å²) in [4.78, 5) is 11.7. The van der Waals surface area contributed by atoms with Crippen molar-refractivity contribution < 1.29 is 22.7 Å². The molecule has 0 bridgehead atoms. The highest BCUT2D eigenvalue weighted by atomic mass is 35.5. The fourth-order valence-electron chi connectivity index (χ4n) is 1.74. The van der Waals surface area contributed by atoms with E-state index >= 15 is 0 Å². The first-order chi connectivity index (χ1) is 11.3. The maximum Gasteiger partial charge on any atom is 0.418 e. The van der Waals surface area contributed by atoms with E-state index < -0.39 is 24.3 Å². The number of hydrogen-bond acceptors (Lipinski definition) is 3. The summed E-state index contributed by atoms with van der Waals surface area (Å²) >= 11 is 11.6. The van der Waals surface area contributed by atoms with E-state index in [1.54, 1.807) is 6.07 Å². The average molecular weight is 379 g/mol. The standard InChI is InChI=1S/C15H11Cl2F3N2O2/c16-9-5-6-11(17)13(7-9)24-8-14(23)22-21-12-4-2-1-3-10(12)15(18,19)20/h1-7,21H,8H2,(H,22,23). The monoisotopic (exact) mass is 378 g/mol. The summed E-state index contributed by atoms with van der Waals surface area (Å²) in [5.74, 6) is -0.502. The number of alkyl halides is 3. The molecule has 2 rings (SSSR count). The van der Waals surface area contributed by atoms with E-state index in [0.717, 1.165) is 6.07 Å². The third kappa shape index (κ3) is 4.94. The maximum absolute atomic E-state index is 12.8. The number of ether oxygens (including phenoxy) is 1. The van der Waals surface area contributed by atoms with Gasteiger partial charge in [-0.15, -0.1) is 0 Å². The molecule has 0 fully saturated rings. The molecule has 0 heterocycles. The van der Waals surface area contributed by atoms with Gasteiger partial charge in [-0.3, -0.25) is 15.6 Å². The van der Waals surface area contributed by atoms with Crippen LogP contribution < -0.4 is 15.6 Å². The van der Waals surface area contributed by atoms with Gasteiger partial charge in [-0.05, 0) is 24.3 Å². The Labute approximate surface area is 145 Å². The summed E-state index contributed by atoms with van der Waals surface area (Å²) in [7, 11) is 0. The molecule has 0 aromatic heterocycles. The Bertz CT molecular complexity index is 739. The summed E-state index contributed by atoms with van der Waals surface area (Å²) in [6.45, 7) is -0.457. The molecule has 0 spiro atoms. The molecule has 0 aliphatic rings. The molecule has 0 aliphatic carbocycles. The van der Waals surface area contributed by atoms with Gasteiger partial charge < -0.3 is 4.74 Å². The van der Waals surface area contributed by atoms with Crippen molar-refractivity contribution in [1.29, 1.82) is 0 Å². The molecule has 2 aromatic carbocycles. The first-order valence-electron chi connectivity index (χ1n) is 6.56. The van der Waals surface area contributed by atoms with Gasteiger partial charge in [-0.25, -0.2) is 0 Å². The number of benzene rings is 2. The average Bonchev–Trinajstić information content (AvgIpc) is 2.53. The molecule has 9 heteroatoms. The van der Waals surface area contributed by atoms with Gasteiger partial charge in [0.05, 0.1) is 16.3 Å². The number of rotatable bonds is 5. The zero-order chi connectivity index (χ0) is 17.7. The molecule has 0 saturated carbocycles. The second-order valence-electron chi connectivity index (χ2n) is 4.58. The van der Waals surface area contributed by atoms with Gasteiger partial charge in [-0.1, -0.05) is 35.3 Å². The third-order valence-corrected chi connectivity index (χ3v) is 3.37. The second-order valence-corrected chi connectivity index (χ2v) is 5.42. The highest BCUT2D eigenvalue weighted by Crippen LogP contribution is 2.34. The second kappa shape index (κ2) is 7.63. The smallest absolute Gasteiger partial charge is 0.418 e. The van der Waals surface area contributed by atoms with Crippen molar-refractivity contribution in [2.75, 3.05) is 12.0 Å². The minimum atomic E-state index is -4.54. The van der Waals surface area contributed by atoms with E-state index in [0.29, 0.717) is 5.02 Å². The first-order valence-corrected chi connectivity index (χ1v) is 7.32. The quantitative estimate of drug-likeness (QED) is 0.751. The van der Waals surface area contributed by atoms with Crippen LogP contribution in [-0.2, 0) is 11.0 Å². The van der Waals surface area contributed by atoms with Crippen LogP contribution in [-0.4, -0.2) is 12.5 Å². The Hall–Kier alpha value is -2.12. The number of carbonyl (C=O) groups is 1. The first kappa shape index (κ1) is 18.2. The topological polar surface area (TPSA) is 50.4 Å². The SMILES string of the molecule is O=C(COc1cc(Cl)ccc1Cl)NNc1ccccc1C(F)(F)F. The lowest BCUT2D eigenvalue weighted by molar-refractivity contribution is -0.137. The van der Waals surface area contributed by atoms with E-state index in [1.165, 1.54) is 30.3 Å². The van der Waals surface area contributed by atoms with Gasteiger partial charge in [-0.2, -0.15) is 13.2 Å². The van der Waals surface area contributed by atoms with Crippen molar-refractivity contribution in [2.24, 2.45) is 0 Å². The van der Waals surface area contributed by atoms with Crippen LogP contribution in [0.2, 0.25) is 10.0 Å². The van der Waals surface area contributed by atoms with Crippen molar-refractivity contribution in [3.8, 4) is 5.75 Å². The van der Waals surface area contributed by atoms with Gasteiger partial charge in [0, 0.05) is 11.1 Å². The van der Waals surface area contributed by atoms with E-state index in [2.05, 4.69) is 10.9 Å². The van der Waals surface area contributed by atoms with Gasteiger partial charge in [0.1, 0.15) is 5.75 Å². The molecular weight excluding hydrogens is 368 g/mol. The van der Waals surface area contributed by atoms with Gasteiger partial charge in [0.2, 0.25) is 0 Å². The van der Waals surface area contributed by atoms with E-state index in [1.807, 2.05) is 0 Å². The Kier molecular flexibility index (Phi) is 5.80. The van der Waals surface area contributed by atoms with Crippen molar-refractivity contribution in [2.45, 2.75) is 6.18 Å². The zero-order valence-electron chi connectivity index (χ0n) is 12.0. The van der Waals surface area contributed by atoms with Crippen LogP contribution in [0.3, 0.4) is 0 Å². The highest BCUT2D eigenvalue weighted by Gasteiger charge is 2.33. The highest BCUT2D eigenvalue weighted by molar-refractivity contribution is 6.34. The van der Waals surface area contributed by atoms with Crippen LogP contribution >= 0.6 is 23.2 Å². The number of hydrogen-bond donors (Lipinski definition) is 2. The van der Waals surface area contributed by atoms with Crippen LogP contribution in [0.15, 0.2) is 42.5 Å². The molecule has 0 radical (unpaired) electrons. The lowest BCUT2D eigenvalue weighted by Gasteiger charge is -2.15. The van der Waals surface area contributed by atoms with Crippen LogP contribution in [0.25, 0.3) is 0 Å². The Balaban J connectivity index is 1.94. The molecule has 4 nitrogen and oxygen atoms in total. The molecule has 2 N–H and O–H groups in total. The number of anilines is 1. The molecule has 0 saturated heterocycles. The largest absolute Gasteiger partial charge is 0.482 e. The Morgan fingerprint density at radius 1 is 1.12 bits per heavy atom. The van der Waals surface area contributed by atoms with Crippen molar-refractivity contribution in [1.82, 2.24) is 5.43 Å². The minimum Gasteiger partial charge on any atom is -0.482 e. The van der Waals surface area contributed by atoms with Crippen LogP contribution in [0.4, 0.5) is 18.9 Å². The summed E-state index contributed by atoms with van der Waals surface area (Å²) < 4.78 is 43.6. The fraction of sp³-hybridized carbons (Fsp3) is 0.133. The van der Waals surface area contributed by atoms with Crippen molar-refractivity contribution >= 4 is 34.8 Å². The van der Waals surface area contributed by atoms with E-state index in [4.69, 9.17) is 27.9 Å². The van der Waals surface area contributed by atoms with Crippen LogP contribution in [0.1, 0.15) is 5.56 Å². The number of carbonyl (C=O) groups excluding carboxylic acids is 1.